The molecular weight excluding hydrogens is 333 g/mol. The van der Waals surface area contributed by atoms with Crippen molar-refractivity contribution in [1.29, 1.82) is 5.26 Å². The van der Waals surface area contributed by atoms with E-state index in [-0.39, 0.29) is 11.9 Å². The molecule has 0 amide bonds. The summed E-state index contributed by atoms with van der Waals surface area (Å²) in [5, 5.41) is 9.40. The van der Waals surface area contributed by atoms with Gasteiger partial charge in [0.2, 0.25) is 11.8 Å². The average molecular weight is 353 g/mol. The normalized spacial score (nSPS) is 22.0. The third-order valence-corrected chi connectivity index (χ3v) is 5.36. The van der Waals surface area contributed by atoms with Crippen LogP contribution in [-0.2, 0) is 0 Å². The fourth-order valence-corrected chi connectivity index (χ4v) is 4.07. The van der Waals surface area contributed by atoms with Crippen molar-refractivity contribution in [2.45, 2.75) is 18.9 Å². The van der Waals surface area contributed by atoms with E-state index >= 15 is 0 Å². The van der Waals surface area contributed by atoms with Gasteiger partial charge in [-0.05, 0) is 37.0 Å². The van der Waals surface area contributed by atoms with Crippen LogP contribution in [-0.4, -0.2) is 42.8 Å². The van der Waals surface area contributed by atoms with Gasteiger partial charge in [0.05, 0.1) is 18.4 Å². The number of fused-ring (bicyclic) bond motifs is 1. The Hall–Kier alpha value is -2.88. The van der Waals surface area contributed by atoms with Crippen LogP contribution >= 0.6 is 0 Å². The fourth-order valence-electron chi connectivity index (χ4n) is 4.07. The quantitative estimate of drug-likeness (QED) is 0.845. The van der Waals surface area contributed by atoms with Crippen LogP contribution in [0.5, 0.6) is 5.88 Å². The van der Waals surface area contributed by atoms with Crippen LogP contribution in [0.25, 0.3) is 0 Å². The first kappa shape index (κ1) is 16.6. The monoisotopic (exact) mass is 353 g/mol. The maximum Gasteiger partial charge on any atom is 0.228 e. The van der Waals surface area contributed by atoms with E-state index in [4.69, 9.17) is 4.74 Å². The van der Waals surface area contributed by atoms with Crippen molar-refractivity contribution in [3.05, 3.63) is 41.8 Å². The molecule has 2 atom stereocenters. The Labute approximate surface area is 151 Å². The van der Waals surface area contributed by atoms with E-state index in [0.29, 0.717) is 23.3 Å². The van der Waals surface area contributed by atoms with Crippen molar-refractivity contribution in [3.63, 3.8) is 0 Å². The number of halogens is 1. The smallest absolute Gasteiger partial charge is 0.228 e. The number of rotatable bonds is 3. The lowest BCUT2D eigenvalue weighted by atomic mass is 9.92. The number of hydrogen-bond acceptors (Lipinski definition) is 6. The van der Waals surface area contributed by atoms with Crippen LogP contribution in [0.4, 0.5) is 16.0 Å². The van der Waals surface area contributed by atoms with Crippen molar-refractivity contribution in [1.82, 2.24) is 9.97 Å². The molecule has 0 radical (unpaired) electrons. The molecule has 2 saturated heterocycles. The van der Waals surface area contributed by atoms with Gasteiger partial charge in [-0.1, -0.05) is 0 Å². The van der Waals surface area contributed by atoms with Gasteiger partial charge in [-0.3, -0.25) is 0 Å². The topological polar surface area (TPSA) is 65.3 Å². The Morgan fingerprint density at radius 3 is 2.92 bits per heavy atom. The van der Waals surface area contributed by atoms with Gasteiger partial charge in [0, 0.05) is 37.9 Å². The summed E-state index contributed by atoms with van der Waals surface area (Å²) in [7, 11) is 1.59. The van der Waals surface area contributed by atoms with E-state index in [9.17, 15) is 9.65 Å². The van der Waals surface area contributed by atoms with E-state index in [1.54, 1.807) is 25.4 Å². The van der Waals surface area contributed by atoms with E-state index < -0.39 is 0 Å². The second-order valence-corrected chi connectivity index (χ2v) is 6.72. The van der Waals surface area contributed by atoms with Crippen molar-refractivity contribution < 1.29 is 9.13 Å². The van der Waals surface area contributed by atoms with Crippen LogP contribution in [0.3, 0.4) is 0 Å². The van der Waals surface area contributed by atoms with Crippen LogP contribution in [0.15, 0.2) is 30.5 Å². The molecule has 6 nitrogen and oxygen atoms in total. The molecule has 0 spiro atoms. The molecular formula is C19H20FN5O. The minimum Gasteiger partial charge on any atom is -0.481 e. The highest BCUT2D eigenvalue weighted by molar-refractivity contribution is 5.61. The second-order valence-electron chi connectivity index (χ2n) is 6.72. The van der Waals surface area contributed by atoms with Gasteiger partial charge in [-0.2, -0.15) is 10.2 Å². The number of nitriles is 1. The number of methoxy groups -OCH3 is 1. The third kappa shape index (κ3) is 2.92. The van der Waals surface area contributed by atoms with Crippen molar-refractivity contribution in [3.8, 4) is 11.9 Å². The van der Waals surface area contributed by atoms with E-state index in [0.717, 1.165) is 38.2 Å². The number of anilines is 2. The summed E-state index contributed by atoms with van der Waals surface area (Å²) in [5.41, 5.74) is 1.20. The molecule has 0 saturated carbocycles. The number of ether oxygens (including phenoxy) is 1. The minimum absolute atomic E-state index is 0.260. The zero-order valence-corrected chi connectivity index (χ0v) is 14.6. The minimum atomic E-state index is -0.379. The van der Waals surface area contributed by atoms with Crippen molar-refractivity contribution >= 4 is 11.6 Å². The van der Waals surface area contributed by atoms with Gasteiger partial charge in [-0.25, -0.2) is 9.37 Å². The molecule has 2 aromatic rings. The Morgan fingerprint density at radius 2 is 2.12 bits per heavy atom. The van der Waals surface area contributed by atoms with Crippen molar-refractivity contribution in [2.75, 3.05) is 36.5 Å². The van der Waals surface area contributed by atoms with Gasteiger partial charge in [0.15, 0.2) is 0 Å². The summed E-state index contributed by atoms with van der Waals surface area (Å²) in [6.45, 7) is 2.55. The van der Waals surface area contributed by atoms with Gasteiger partial charge in [0.25, 0.3) is 0 Å². The maximum absolute atomic E-state index is 13.5. The lowest BCUT2D eigenvalue weighted by molar-refractivity contribution is 0.380. The fraction of sp³-hybridized carbons (Fsp3) is 0.421. The summed E-state index contributed by atoms with van der Waals surface area (Å²) < 4.78 is 18.7. The zero-order chi connectivity index (χ0) is 18.1. The zero-order valence-electron chi connectivity index (χ0n) is 14.6. The molecule has 2 unspecified atom stereocenters. The second kappa shape index (κ2) is 6.79. The number of piperidine rings is 1. The predicted molar refractivity (Wildman–Crippen MR) is 95.8 cm³/mol. The molecule has 0 N–H and O–H groups in total. The molecule has 2 aliphatic rings. The number of benzene rings is 1. The molecule has 0 bridgehead atoms. The average Bonchev–Trinajstić information content (AvgIpc) is 3.11. The molecule has 1 aromatic heterocycles. The molecule has 134 valence electrons. The van der Waals surface area contributed by atoms with E-state index in [1.807, 2.05) is 0 Å². The highest BCUT2D eigenvalue weighted by Crippen LogP contribution is 2.37. The van der Waals surface area contributed by atoms with Gasteiger partial charge in [0.1, 0.15) is 11.9 Å². The summed E-state index contributed by atoms with van der Waals surface area (Å²) in [6, 6.07) is 8.58. The summed E-state index contributed by atoms with van der Waals surface area (Å²) in [5.74, 6) is 1.39. The Bertz CT molecular complexity index is 852. The Kier molecular flexibility index (Phi) is 4.33. The first-order chi connectivity index (χ1) is 12.7. The first-order valence-electron chi connectivity index (χ1n) is 8.78. The SMILES string of the molecule is COc1ccnc(N2CCC3CCN(c4ccc(F)cc4C#N)C3C2)n1. The lowest BCUT2D eigenvalue weighted by Crippen LogP contribution is -2.49. The maximum atomic E-state index is 13.5. The number of nitrogens with zero attached hydrogens (tertiary/aromatic N) is 5. The first-order valence-corrected chi connectivity index (χ1v) is 8.78. The molecule has 7 heteroatoms. The highest BCUT2D eigenvalue weighted by atomic mass is 19.1. The summed E-state index contributed by atoms with van der Waals surface area (Å²) >= 11 is 0. The van der Waals surface area contributed by atoms with E-state index in [1.165, 1.54) is 12.1 Å². The van der Waals surface area contributed by atoms with Crippen LogP contribution in [0.1, 0.15) is 18.4 Å². The summed E-state index contributed by atoms with van der Waals surface area (Å²) in [4.78, 5) is 13.2. The molecule has 2 fully saturated rings. The van der Waals surface area contributed by atoms with Crippen LogP contribution in [0, 0.1) is 23.1 Å². The van der Waals surface area contributed by atoms with Crippen LogP contribution in [0.2, 0.25) is 0 Å². The third-order valence-electron chi connectivity index (χ3n) is 5.36. The Balaban J connectivity index is 1.60. The lowest BCUT2D eigenvalue weighted by Gasteiger charge is -2.39. The molecule has 26 heavy (non-hydrogen) atoms. The highest BCUT2D eigenvalue weighted by Gasteiger charge is 2.39. The molecule has 0 aliphatic carbocycles. The van der Waals surface area contributed by atoms with Crippen molar-refractivity contribution in [2.24, 2.45) is 5.92 Å². The molecule has 4 rings (SSSR count). The van der Waals surface area contributed by atoms with Gasteiger partial charge in [-0.15, -0.1) is 0 Å². The van der Waals surface area contributed by atoms with Crippen LogP contribution < -0.4 is 14.5 Å². The standard InChI is InChI=1S/C19H20FN5O/c1-26-18-4-7-22-19(23-18)24-8-5-13-6-9-25(17(13)12-24)16-3-2-15(20)10-14(16)11-21/h2-4,7,10,13,17H,5-6,8-9,12H2,1H3. The Morgan fingerprint density at radius 1 is 1.27 bits per heavy atom. The van der Waals surface area contributed by atoms with E-state index in [2.05, 4.69) is 25.8 Å². The molecule has 1 aromatic carbocycles. The molecule has 3 heterocycles. The number of hydrogen-bond donors (Lipinski definition) is 0. The molecule has 2 aliphatic heterocycles. The summed E-state index contributed by atoms with van der Waals surface area (Å²) in [6.07, 6.45) is 3.83. The van der Waals surface area contributed by atoms with Gasteiger partial charge < -0.3 is 14.5 Å². The number of aromatic nitrogens is 2. The predicted octanol–water partition coefficient (Wildman–Crippen LogP) is 2.60. The largest absolute Gasteiger partial charge is 0.481 e. The van der Waals surface area contributed by atoms with Gasteiger partial charge >= 0.3 is 0 Å².